The number of para-hydroxylation sites is 2. The van der Waals surface area contributed by atoms with Gasteiger partial charge < -0.3 is 19.5 Å². The quantitative estimate of drug-likeness (QED) is 0.867. The molecule has 1 N–H and O–H groups in total. The zero-order chi connectivity index (χ0) is 12.8. The molecule has 2 rings (SSSR count). The number of hydrogen-bond acceptors (Lipinski definition) is 4. The summed E-state index contributed by atoms with van der Waals surface area (Å²) in [5.41, 5.74) is 0. The smallest absolute Gasteiger partial charge is 0.161 e. The van der Waals surface area contributed by atoms with Crippen LogP contribution in [-0.4, -0.2) is 38.5 Å². The summed E-state index contributed by atoms with van der Waals surface area (Å²) in [7, 11) is 0. The number of benzene rings is 1. The molecule has 1 saturated heterocycles. The number of nitrogens with one attached hydrogen (secondary N) is 1. The molecular weight excluding hydrogens is 230 g/mol. The SMILES string of the molecule is CCOc1ccccc1OCC1CNC(C)CO1. The van der Waals surface area contributed by atoms with Gasteiger partial charge in [-0.3, -0.25) is 0 Å². The Kier molecular flexibility index (Phi) is 4.84. The van der Waals surface area contributed by atoms with Crippen LogP contribution in [0.2, 0.25) is 0 Å². The highest BCUT2D eigenvalue weighted by Gasteiger charge is 2.18. The molecular formula is C14H21NO3. The van der Waals surface area contributed by atoms with E-state index in [0.717, 1.165) is 24.7 Å². The Labute approximate surface area is 108 Å². The number of rotatable bonds is 5. The summed E-state index contributed by atoms with van der Waals surface area (Å²) in [6.45, 7) is 6.83. The summed E-state index contributed by atoms with van der Waals surface area (Å²) in [4.78, 5) is 0. The normalized spacial score (nSPS) is 23.7. The summed E-state index contributed by atoms with van der Waals surface area (Å²) < 4.78 is 17.0. The Morgan fingerprint density at radius 2 is 2.00 bits per heavy atom. The van der Waals surface area contributed by atoms with Gasteiger partial charge in [0.1, 0.15) is 12.7 Å². The molecule has 18 heavy (non-hydrogen) atoms. The number of morpholine rings is 1. The van der Waals surface area contributed by atoms with Gasteiger partial charge in [0.25, 0.3) is 0 Å². The maximum atomic E-state index is 5.77. The van der Waals surface area contributed by atoms with Crippen LogP contribution in [0.25, 0.3) is 0 Å². The van der Waals surface area contributed by atoms with Gasteiger partial charge in [0.2, 0.25) is 0 Å². The molecule has 1 aromatic carbocycles. The van der Waals surface area contributed by atoms with Crippen LogP contribution in [0, 0.1) is 0 Å². The fourth-order valence-corrected chi connectivity index (χ4v) is 1.86. The Bertz CT molecular complexity index is 362. The van der Waals surface area contributed by atoms with Crippen LogP contribution in [0.4, 0.5) is 0 Å². The molecule has 0 aromatic heterocycles. The highest BCUT2D eigenvalue weighted by atomic mass is 16.5. The molecule has 0 amide bonds. The van der Waals surface area contributed by atoms with E-state index in [1.807, 2.05) is 31.2 Å². The van der Waals surface area contributed by atoms with Gasteiger partial charge in [0, 0.05) is 12.6 Å². The molecule has 1 fully saturated rings. The van der Waals surface area contributed by atoms with E-state index < -0.39 is 0 Å². The van der Waals surface area contributed by atoms with Crippen molar-refractivity contribution in [3.8, 4) is 11.5 Å². The van der Waals surface area contributed by atoms with Crippen molar-refractivity contribution in [2.75, 3.05) is 26.4 Å². The second kappa shape index (κ2) is 6.61. The van der Waals surface area contributed by atoms with Crippen molar-refractivity contribution < 1.29 is 14.2 Å². The highest BCUT2D eigenvalue weighted by Crippen LogP contribution is 2.26. The fourth-order valence-electron chi connectivity index (χ4n) is 1.86. The first kappa shape index (κ1) is 13.2. The highest BCUT2D eigenvalue weighted by molar-refractivity contribution is 5.39. The first-order valence-corrected chi connectivity index (χ1v) is 6.49. The Morgan fingerprint density at radius 3 is 2.61 bits per heavy atom. The summed E-state index contributed by atoms with van der Waals surface area (Å²) >= 11 is 0. The minimum absolute atomic E-state index is 0.107. The van der Waals surface area contributed by atoms with Crippen LogP contribution in [0.1, 0.15) is 13.8 Å². The van der Waals surface area contributed by atoms with E-state index in [-0.39, 0.29) is 6.10 Å². The maximum absolute atomic E-state index is 5.77. The third kappa shape index (κ3) is 3.62. The molecule has 1 aliphatic rings. The van der Waals surface area contributed by atoms with Crippen molar-refractivity contribution >= 4 is 0 Å². The largest absolute Gasteiger partial charge is 0.490 e. The monoisotopic (exact) mass is 251 g/mol. The molecule has 0 radical (unpaired) electrons. The fraction of sp³-hybridized carbons (Fsp3) is 0.571. The maximum Gasteiger partial charge on any atom is 0.161 e. The van der Waals surface area contributed by atoms with E-state index in [4.69, 9.17) is 14.2 Å². The van der Waals surface area contributed by atoms with Gasteiger partial charge >= 0.3 is 0 Å². The van der Waals surface area contributed by atoms with Crippen molar-refractivity contribution in [2.45, 2.75) is 26.0 Å². The minimum atomic E-state index is 0.107. The van der Waals surface area contributed by atoms with Gasteiger partial charge in [0.15, 0.2) is 11.5 Å². The lowest BCUT2D eigenvalue weighted by Crippen LogP contribution is -2.46. The lowest BCUT2D eigenvalue weighted by molar-refractivity contribution is -0.0170. The van der Waals surface area contributed by atoms with E-state index in [9.17, 15) is 0 Å². The van der Waals surface area contributed by atoms with E-state index in [2.05, 4.69) is 12.2 Å². The van der Waals surface area contributed by atoms with Crippen LogP contribution in [-0.2, 0) is 4.74 Å². The zero-order valence-corrected chi connectivity index (χ0v) is 11.0. The number of ether oxygens (including phenoxy) is 3. The van der Waals surface area contributed by atoms with Crippen molar-refractivity contribution in [1.82, 2.24) is 5.32 Å². The Hall–Kier alpha value is -1.26. The molecule has 0 bridgehead atoms. The summed E-state index contributed by atoms with van der Waals surface area (Å²) in [5.74, 6) is 1.57. The van der Waals surface area contributed by atoms with Gasteiger partial charge in [-0.15, -0.1) is 0 Å². The average molecular weight is 251 g/mol. The van der Waals surface area contributed by atoms with Crippen molar-refractivity contribution in [3.05, 3.63) is 24.3 Å². The molecule has 0 aliphatic carbocycles. The first-order valence-electron chi connectivity index (χ1n) is 6.49. The van der Waals surface area contributed by atoms with Crippen molar-refractivity contribution in [1.29, 1.82) is 0 Å². The third-order valence-electron chi connectivity index (χ3n) is 2.85. The third-order valence-corrected chi connectivity index (χ3v) is 2.85. The Balaban J connectivity index is 1.86. The van der Waals surface area contributed by atoms with Crippen LogP contribution < -0.4 is 14.8 Å². The van der Waals surface area contributed by atoms with Gasteiger partial charge in [-0.1, -0.05) is 12.1 Å². The van der Waals surface area contributed by atoms with Crippen LogP contribution in [0.5, 0.6) is 11.5 Å². The van der Waals surface area contributed by atoms with Crippen molar-refractivity contribution in [3.63, 3.8) is 0 Å². The van der Waals surface area contributed by atoms with Crippen LogP contribution in [0.15, 0.2) is 24.3 Å². The lowest BCUT2D eigenvalue weighted by atomic mass is 10.2. The molecule has 0 spiro atoms. The molecule has 0 saturated carbocycles. The lowest BCUT2D eigenvalue weighted by Gasteiger charge is -2.28. The summed E-state index contributed by atoms with van der Waals surface area (Å²) in [6, 6.07) is 8.15. The predicted molar refractivity (Wildman–Crippen MR) is 70.3 cm³/mol. The zero-order valence-electron chi connectivity index (χ0n) is 11.0. The molecule has 2 atom stereocenters. The van der Waals surface area contributed by atoms with Gasteiger partial charge in [-0.25, -0.2) is 0 Å². The molecule has 4 nitrogen and oxygen atoms in total. The minimum Gasteiger partial charge on any atom is -0.490 e. The predicted octanol–water partition coefficient (Wildman–Crippen LogP) is 1.84. The molecule has 1 heterocycles. The van der Waals surface area contributed by atoms with E-state index in [0.29, 0.717) is 19.3 Å². The second-order valence-corrected chi connectivity index (χ2v) is 4.46. The molecule has 100 valence electrons. The van der Waals surface area contributed by atoms with Gasteiger partial charge in [-0.05, 0) is 26.0 Å². The summed E-state index contributed by atoms with van der Waals surface area (Å²) in [5, 5.41) is 3.37. The second-order valence-electron chi connectivity index (χ2n) is 4.46. The van der Waals surface area contributed by atoms with Crippen molar-refractivity contribution in [2.24, 2.45) is 0 Å². The summed E-state index contributed by atoms with van der Waals surface area (Å²) in [6.07, 6.45) is 0.107. The van der Waals surface area contributed by atoms with Gasteiger partial charge in [-0.2, -0.15) is 0 Å². The van der Waals surface area contributed by atoms with Gasteiger partial charge in [0.05, 0.1) is 13.2 Å². The molecule has 1 aromatic rings. The van der Waals surface area contributed by atoms with E-state index in [1.165, 1.54) is 0 Å². The Morgan fingerprint density at radius 1 is 1.28 bits per heavy atom. The standard InChI is InChI=1S/C14H21NO3/c1-3-16-13-6-4-5-7-14(13)18-10-12-8-15-11(2)9-17-12/h4-7,11-12,15H,3,8-10H2,1-2H3. The van der Waals surface area contributed by atoms with Crippen LogP contribution >= 0.6 is 0 Å². The first-order chi connectivity index (χ1) is 8.79. The van der Waals surface area contributed by atoms with E-state index in [1.54, 1.807) is 0 Å². The molecule has 2 unspecified atom stereocenters. The number of hydrogen-bond donors (Lipinski definition) is 1. The van der Waals surface area contributed by atoms with Crippen LogP contribution in [0.3, 0.4) is 0 Å². The molecule has 1 aliphatic heterocycles. The van der Waals surface area contributed by atoms with E-state index >= 15 is 0 Å². The average Bonchev–Trinajstić information content (AvgIpc) is 2.40. The topological polar surface area (TPSA) is 39.7 Å². The molecule has 4 heteroatoms.